The molecule has 5 nitrogen and oxygen atoms in total. The monoisotopic (exact) mass is 515 g/mol. The molecule has 0 bridgehead atoms. The highest BCUT2D eigenvalue weighted by Crippen LogP contribution is 2.45. The SMILES string of the molecule is Cc1ccsc1C1/C(=C(/O)c2cccc(OCC(C)C)c2)C(=O)C(=O)N1c1cccc(C(F)(F)F)c1. The van der Waals surface area contributed by atoms with Crippen LogP contribution in [0.2, 0.25) is 0 Å². The van der Waals surface area contributed by atoms with Gasteiger partial charge in [0.25, 0.3) is 11.7 Å². The van der Waals surface area contributed by atoms with E-state index >= 15 is 0 Å². The minimum absolute atomic E-state index is 0.0854. The number of thiophene rings is 1. The van der Waals surface area contributed by atoms with Gasteiger partial charge in [-0.15, -0.1) is 11.3 Å². The lowest BCUT2D eigenvalue weighted by Crippen LogP contribution is -2.29. The number of aliphatic hydroxyl groups excluding tert-OH is 1. The van der Waals surface area contributed by atoms with Gasteiger partial charge in [0, 0.05) is 16.1 Å². The number of carbonyl (C=O) groups is 2. The molecule has 0 aliphatic carbocycles. The molecule has 2 heterocycles. The van der Waals surface area contributed by atoms with E-state index in [1.54, 1.807) is 42.6 Å². The molecule has 36 heavy (non-hydrogen) atoms. The average Bonchev–Trinajstić information content (AvgIpc) is 3.37. The fraction of sp³-hybridized carbons (Fsp3) is 0.259. The van der Waals surface area contributed by atoms with Gasteiger partial charge in [0.1, 0.15) is 17.6 Å². The number of amides is 1. The van der Waals surface area contributed by atoms with Crippen LogP contribution < -0.4 is 9.64 Å². The zero-order valence-electron chi connectivity index (χ0n) is 19.8. The van der Waals surface area contributed by atoms with Crippen LogP contribution in [0.15, 0.2) is 65.6 Å². The maximum atomic E-state index is 13.4. The van der Waals surface area contributed by atoms with E-state index in [0.717, 1.165) is 22.6 Å². The third-order valence-corrected chi connectivity index (χ3v) is 6.81. The quantitative estimate of drug-likeness (QED) is 0.224. The second kappa shape index (κ2) is 9.81. The largest absolute Gasteiger partial charge is 0.507 e. The number of aliphatic hydroxyl groups is 1. The smallest absolute Gasteiger partial charge is 0.416 e. The number of ketones is 1. The van der Waals surface area contributed by atoms with Crippen LogP contribution in [0.1, 0.15) is 41.5 Å². The molecule has 1 aromatic heterocycles. The van der Waals surface area contributed by atoms with E-state index in [-0.39, 0.29) is 22.7 Å². The van der Waals surface area contributed by atoms with Crippen LogP contribution in [-0.4, -0.2) is 23.4 Å². The molecule has 1 aliphatic heterocycles. The molecule has 1 amide bonds. The molecule has 188 valence electrons. The maximum Gasteiger partial charge on any atom is 0.416 e. The number of rotatable bonds is 6. The van der Waals surface area contributed by atoms with Gasteiger partial charge in [-0.25, -0.2) is 0 Å². The Kier molecular flexibility index (Phi) is 6.95. The Hall–Kier alpha value is -3.59. The zero-order chi connectivity index (χ0) is 26.2. The van der Waals surface area contributed by atoms with Crippen molar-refractivity contribution in [3.05, 3.63) is 87.1 Å². The average molecular weight is 516 g/mol. The summed E-state index contributed by atoms with van der Waals surface area (Å²) in [5, 5.41) is 13.0. The van der Waals surface area contributed by atoms with Gasteiger partial charge in [-0.05, 0) is 60.2 Å². The van der Waals surface area contributed by atoms with Gasteiger partial charge in [0.15, 0.2) is 0 Å². The van der Waals surface area contributed by atoms with Crippen molar-refractivity contribution in [3.63, 3.8) is 0 Å². The van der Waals surface area contributed by atoms with Crippen molar-refractivity contribution < 1.29 is 32.6 Å². The number of Topliss-reactive ketones (excluding diaryl/α,β-unsaturated/α-hetero) is 1. The number of hydrogen-bond donors (Lipinski definition) is 1. The van der Waals surface area contributed by atoms with Crippen molar-refractivity contribution in [2.24, 2.45) is 5.92 Å². The van der Waals surface area contributed by atoms with Gasteiger partial charge in [0.05, 0.1) is 17.7 Å². The number of anilines is 1. The Morgan fingerprint density at radius 2 is 1.83 bits per heavy atom. The molecular formula is C27H24F3NO4S. The van der Waals surface area contributed by atoms with Crippen LogP contribution >= 0.6 is 11.3 Å². The van der Waals surface area contributed by atoms with Crippen molar-refractivity contribution in [3.8, 4) is 5.75 Å². The summed E-state index contributed by atoms with van der Waals surface area (Å²) in [6, 6.07) is 11.5. The van der Waals surface area contributed by atoms with Crippen molar-refractivity contribution >= 4 is 34.5 Å². The number of alkyl halides is 3. The summed E-state index contributed by atoms with van der Waals surface area (Å²) in [5.41, 5.74) is -0.221. The summed E-state index contributed by atoms with van der Waals surface area (Å²) >= 11 is 1.25. The van der Waals surface area contributed by atoms with Gasteiger partial charge < -0.3 is 9.84 Å². The summed E-state index contributed by atoms with van der Waals surface area (Å²) in [6.07, 6.45) is -4.63. The Labute approximate surface area is 210 Å². The molecule has 1 aliphatic rings. The Morgan fingerprint density at radius 3 is 2.47 bits per heavy atom. The molecule has 1 unspecified atom stereocenters. The van der Waals surface area contributed by atoms with Crippen LogP contribution in [0.25, 0.3) is 5.76 Å². The first-order valence-corrected chi connectivity index (χ1v) is 12.1. The van der Waals surface area contributed by atoms with Crippen molar-refractivity contribution in [2.75, 3.05) is 11.5 Å². The minimum Gasteiger partial charge on any atom is -0.507 e. The third-order valence-electron chi connectivity index (χ3n) is 5.74. The highest BCUT2D eigenvalue weighted by atomic mass is 32.1. The van der Waals surface area contributed by atoms with E-state index in [0.29, 0.717) is 17.2 Å². The molecule has 4 rings (SSSR count). The number of nitrogens with zero attached hydrogens (tertiary/aromatic N) is 1. The van der Waals surface area contributed by atoms with E-state index < -0.39 is 35.2 Å². The van der Waals surface area contributed by atoms with Crippen molar-refractivity contribution in [1.29, 1.82) is 0 Å². The summed E-state index contributed by atoms with van der Waals surface area (Å²) in [4.78, 5) is 28.0. The maximum absolute atomic E-state index is 13.4. The molecule has 0 spiro atoms. The van der Waals surface area contributed by atoms with E-state index in [1.807, 2.05) is 13.8 Å². The van der Waals surface area contributed by atoms with Crippen LogP contribution in [0.4, 0.5) is 18.9 Å². The van der Waals surface area contributed by atoms with Gasteiger partial charge in [-0.2, -0.15) is 13.2 Å². The standard InChI is InChI=1S/C27H24F3NO4S/c1-15(2)14-35-20-9-4-6-17(12-20)23(32)21-22(25-16(3)10-11-36-25)31(26(34)24(21)33)19-8-5-7-18(13-19)27(28,29)30/h4-13,15,22,32H,14H2,1-3H3/b23-21-. The molecule has 1 atom stereocenters. The number of ether oxygens (including phenoxy) is 1. The first-order chi connectivity index (χ1) is 17.0. The zero-order valence-corrected chi connectivity index (χ0v) is 20.6. The van der Waals surface area contributed by atoms with E-state index in [9.17, 15) is 27.9 Å². The first-order valence-electron chi connectivity index (χ1n) is 11.2. The predicted octanol–water partition coefficient (Wildman–Crippen LogP) is 6.74. The number of hydrogen-bond acceptors (Lipinski definition) is 5. The fourth-order valence-electron chi connectivity index (χ4n) is 4.00. The lowest BCUT2D eigenvalue weighted by atomic mass is 9.98. The first kappa shape index (κ1) is 25.5. The Bertz CT molecular complexity index is 1340. The molecule has 2 aromatic carbocycles. The lowest BCUT2D eigenvalue weighted by molar-refractivity contribution is -0.137. The van der Waals surface area contributed by atoms with Crippen LogP contribution in [0.3, 0.4) is 0 Å². The number of carbonyl (C=O) groups excluding carboxylic acids is 2. The second-order valence-corrected chi connectivity index (χ2v) is 9.87. The Balaban J connectivity index is 1.87. The van der Waals surface area contributed by atoms with Gasteiger partial charge in [-0.3, -0.25) is 14.5 Å². The van der Waals surface area contributed by atoms with Crippen LogP contribution in [0.5, 0.6) is 5.75 Å². The molecule has 9 heteroatoms. The van der Waals surface area contributed by atoms with Crippen LogP contribution in [0, 0.1) is 12.8 Å². The normalized spacial score (nSPS) is 17.8. The summed E-state index contributed by atoms with van der Waals surface area (Å²) < 4.78 is 46.0. The summed E-state index contributed by atoms with van der Waals surface area (Å²) in [7, 11) is 0. The molecule has 1 fully saturated rings. The fourth-order valence-corrected chi connectivity index (χ4v) is 5.02. The van der Waals surface area contributed by atoms with E-state index in [4.69, 9.17) is 4.74 Å². The van der Waals surface area contributed by atoms with Crippen LogP contribution in [-0.2, 0) is 15.8 Å². The van der Waals surface area contributed by atoms with Gasteiger partial charge >= 0.3 is 6.18 Å². The Morgan fingerprint density at radius 1 is 1.11 bits per heavy atom. The second-order valence-electron chi connectivity index (χ2n) is 8.92. The van der Waals surface area contributed by atoms with E-state index in [1.165, 1.54) is 23.5 Å². The highest BCUT2D eigenvalue weighted by molar-refractivity contribution is 7.10. The summed E-state index contributed by atoms with van der Waals surface area (Å²) in [5.74, 6) is -1.67. The third kappa shape index (κ3) is 4.88. The molecule has 1 saturated heterocycles. The van der Waals surface area contributed by atoms with Crippen molar-refractivity contribution in [1.82, 2.24) is 0 Å². The summed E-state index contributed by atoms with van der Waals surface area (Å²) in [6.45, 7) is 6.20. The van der Waals surface area contributed by atoms with E-state index in [2.05, 4.69) is 0 Å². The molecule has 3 aromatic rings. The highest BCUT2D eigenvalue weighted by Gasteiger charge is 2.48. The molecular weight excluding hydrogens is 491 g/mol. The molecule has 0 saturated carbocycles. The molecule has 0 radical (unpaired) electrons. The molecule has 1 N–H and O–H groups in total. The van der Waals surface area contributed by atoms with Gasteiger partial charge in [0.2, 0.25) is 0 Å². The van der Waals surface area contributed by atoms with Gasteiger partial charge in [-0.1, -0.05) is 32.0 Å². The predicted molar refractivity (Wildman–Crippen MR) is 132 cm³/mol. The lowest BCUT2D eigenvalue weighted by Gasteiger charge is -2.25. The van der Waals surface area contributed by atoms with Crippen molar-refractivity contribution in [2.45, 2.75) is 33.0 Å². The number of aryl methyl sites for hydroxylation is 1. The number of halogens is 3. The minimum atomic E-state index is -4.63. The number of benzene rings is 2. The topological polar surface area (TPSA) is 66.8 Å².